The van der Waals surface area contributed by atoms with Gasteiger partial charge in [-0.1, -0.05) is 30.3 Å². The molecule has 222 valence electrons. The molecule has 3 aromatic rings. The van der Waals surface area contributed by atoms with Gasteiger partial charge in [0.05, 0.1) is 10.9 Å². The van der Waals surface area contributed by atoms with E-state index in [4.69, 9.17) is 28.1 Å². The van der Waals surface area contributed by atoms with Crippen molar-refractivity contribution in [1.29, 1.82) is 0 Å². The molecule has 1 fully saturated rings. The molecule has 1 aromatic heterocycles. The minimum Gasteiger partial charge on any atom is -0.463 e. The van der Waals surface area contributed by atoms with E-state index in [2.05, 4.69) is 5.32 Å². The highest BCUT2D eigenvalue weighted by atomic mass is 16.7. The van der Waals surface area contributed by atoms with Crippen LogP contribution in [-0.2, 0) is 38.1 Å². The quantitative estimate of drug-likeness (QED) is 0.308. The molecule has 5 atom stereocenters. The van der Waals surface area contributed by atoms with Crippen LogP contribution in [0.2, 0.25) is 0 Å². The number of rotatable bonds is 8. The second kappa shape index (κ2) is 12.9. The Labute approximate surface area is 240 Å². The van der Waals surface area contributed by atoms with Crippen molar-refractivity contribution in [1.82, 2.24) is 5.32 Å². The van der Waals surface area contributed by atoms with Gasteiger partial charge in [-0.25, -0.2) is 0 Å². The van der Waals surface area contributed by atoms with Gasteiger partial charge in [-0.2, -0.15) is 0 Å². The third-order valence-corrected chi connectivity index (χ3v) is 6.43. The summed E-state index contributed by atoms with van der Waals surface area (Å²) < 4.78 is 34.1. The second-order valence-corrected chi connectivity index (χ2v) is 9.72. The minimum absolute atomic E-state index is 0.191. The summed E-state index contributed by atoms with van der Waals surface area (Å²) in [5.41, 5.74) is 1.18. The number of hydrogen-bond acceptors (Lipinski definition) is 11. The topological polar surface area (TPSA) is 157 Å². The molecule has 0 spiro atoms. The van der Waals surface area contributed by atoms with E-state index in [0.717, 1.165) is 19.4 Å². The fraction of sp³-hybridized carbons (Fsp3) is 0.367. The van der Waals surface area contributed by atoms with Gasteiger partial charge in [-0.15, -0.1) is 0 Å². The summed E-state index contributed by atoms with van der Waals surface area (Å²) in [5.74, 6) is -1.98. The Bertz CT molecular complexity index is 1550. The Kier molecular flexibility index (Phi) is 9.26. The van der Waals surface area contributed by atoms with E-state index >= 15 is 0 Å². The van der Waals surface area contributed by atoms with E-state index in [1.54, 1.807) is 13.0 Å². The highest BCUT2D eigenvalue weighted by Gasteiger charge is 2.52. The first-order valence-corrected chi connectivity index (χ1v) is 13.1. The van der Waals surface area contributed by atoms with Crippen LogP contribution in [0, 0.1) is 6.92 Å². The van der Waals surface area contributed by atoms with E-state index < -0.39 is 54.5 Å². The molecule has 1 amide bonds. The Morgan fingerprint density at radius 3 is 2.17 bits per heavy atom. The van der Waals surface area contributed by atoms with Crippen LogP contribution in [0.15, 0.2) is 57.7 Å². The number of benzene rings is 2. The van der Waals surface area contributed by atoms with Gasteiger partial charge < -0.3 is 33.4 Å². The van der Waals surface area contributed by atoms with Gasteiger partial charge in [-0.05, 0) is 24.6 Å². The van der Waals surface area contributed by atoms with Crippen molar-refractivity contribution in [2.75, 3.05) is 6.61 Å². The lowest BCUT2D eigenvalue weighted by Crippen LogP contribution is -2.67. The van der Waals surface area contributed by atoms with Gasteiger partial charge in [0.1, 0.15) is 35.8 Å². The summed E-state index contributed by atoms with van der Waals surface area (Å²) in [4.78, 5) is 61.1. The number of carbonyl (C=O) groups excluding carboxylic acids is 4. The van der Waals surface area contributed by atoms with Gasteiger partial charge in [0.15, 0.2) is 12.2 Å². The molecule has 42 heavy (non-hydrogen) atoms. The van der Waals surface area contributed by atoms with E-state index in [-0.39, 0.29) is 23.4 Å². The molecule has 12 heteroatoms. The summed E-state index contributed by atoms with van der Waals surface area (Å²) in [6.07, 6.45) is -4.98. The monoisotopic (exact) mass is 581 g/mol. The Morgan fingerprint density at radius 2 is 1.55 bits per heavy atom. The molecular formula is C30H31NO11. The molecule has 0 bridgehead atoms. The molecule has 1 saturated heterocycles. The van der Waals surface area contributed by atoms with E-state index in [0.29, 0.717) is 16.7 Å². The van der Waals surface area contributed by atoms with Gasteiger partial charge in [-0.3, -0.25) is 24.0 Å². The number of ether oxygens (including phenoxy) is 5. The maximum atomic E-state index is 13.4. The molecule has 1 aliphatic heterocycles. The van der Waals surface area contributed by atoms with Crippen molar-refractivity contribution in [3.05, 3.63) is 64.5 Å². The lowest BCUT2D eigenvalue weighted by atomic mass is 9.96. The molecule has 0 unspecified atom stereocenters. The van der Waals surface area contributed by atoms with Crippen molar-refractivity contribution in [3.8, 4) is 16.9 Å². The van der Waals surface area contributed by atoms with Gasteiger partial charge >= 0.3 is 17.9 Å². The van der Waals surface area contributed by atoms with E-state index in [1.807, 2.05) is 30.3 Å². The Hall–Kier alpha value is -4.71. The van der Waals surface area contributed by atoms with Crippen molar-refractivity contribution >= 4 is 34.8 Å². The molecule has 12 nitrogen and oxygen atoms in total. The van der Waals surface area contributed by atoms with Crippen LogP contribution in [0.3, 0.4) is 0 Å². The SMILES string of the molecule is CC(=O)N[C@H]1[C@@H](Oc2ccc3c(=O)c(-c4ccccc4)c(C)oc3c2)O[C@H](COC(C)=O)[C@@H](OC(C)=O)[C@@H]1OC(C)=O. The first kappa shape index (κ1) is 30.3. The molecule has 1 aliphatic rings. The second-order valence-electron chi connectivity index (χ2n) is 9.72. The Balaban J connectivity index is 1.73. The molecule has 0 aliphatic carbocycles. The van der Waals surface area contributed by atoms with Crippen LogP contribution in [0.4, 0.5) is 0 Å². The standard InChI is InChI=1S/C30H31NO11/c1-15-25(20-9-7-6-8-10-20)27(36)22-12-11-21(13-23(22)38-15)41-30-26(31-16(2)32)29(40-19(5)35)28(39-18(4)34)24(42-30)14-37-17(3)33/h6-13,24,26,28-30H,14H2,1-5H3,(H,31,32)/t24-,26-,28-,29-,30+/m1/s1. The smallest absolute Gasteiger partial charge is 0.303 e. The van der Waals surface area contributed by atoms with Gasteiger partial charge in [0.25, 0.3) is 0 Å². The maximum absolute atomic E-state index is 13.4. The molecule has 2 heterocycles. The molecule has 1 N–H and O–H groups in total. The van der Waals surface area contributed by atoms with Crippen LogP contribution in [0.1, 0.15) is 33.5 Å². The van der Waals surface area contributed by atoms with Gasteiger partial charge in [0, 0.05) is 33.8 Å². The number of hydrogen-bond donors (Lipinski definition) is 1. The first-order valence-electron chi connectivity index (χ1n) is 13.1. The zero-order chi connectivity index (χ0) is 30.6. The third-order valence-electron chi connectivity index (χ3n) is 6.43. The number of esters is 3. The number of aryl methyl sites for hydroxylation is 1. The van der Waals surface area contributed by atoms with Crippen LogP contribution in [-0.4, -0.2) is 61.1 Å². The van der Waals surface area contributed by atoms with Crippen LogP contribution < -0.4 is 15.5 Å². The van der Waals surface area contributed by atoms with Gasteiger partial charge in [0.2, 0.25) is 17.6 Å². The van der Waals surface area contributed by atoms with Crippen molar-refractivity contribution in [3.63, 3.8) is 0 Å². The van der Waals surface area contributed by atoms with Crippen molar-refractivity contribution in [2.24, 2.45) is 0 Å². The van der Waals surface area contributed by atoms with Crippen LogP contribution >= 0.6 is 0 Å². The summed E-state index contributed by atoms with van der Waals surface area (Å²) in [5, 5.41) is 2.95. The van der Waals surface area contributed by atoms with Crippen LogP contribution in [0.5, 0.6) is 5.75 Å². The fourth-order valence-electron chi connectivity index (χ4n) is 4.82. The maximum Gasteiger partial charge on any atom is 0.303 e. The third kappa shape index (κ3) is 6.95. The average molecular weight is 582 g/mol. The van der Waals surface area contributed by atoms with Crippen LogP contribution in [0.25, 0.3) is 22.1 Å². The predicted octanol–water partition coefficient (Wildman–Crippen LogP) is 2.80. The summed E-state index contributed by atoms with van der Waals surface area (Å²) in [6.45, 7) is 6.05. The fourth-order valence-corrected chi connectivity index (χ4v) is 4.82. The zero-order valence-electron chi connectivity index (χ0n) is 23.7. The molecule has 0 saturated carbocycles. The van der Waals surface area contributed by atoms with Crippen molar-refractivity contribution < 1.29 is 47.3 Å². The summed E-state index contributed by atoms with van der Waals surface area (Å²) in [7, 11) is 0. The predicted molar refractivity (Wildman–Crippen MR) is 147 cm³/mol. The average Bonchev–Trinajstić information content (AvgIpc) is 2.90. The molecular weight excluding hydrogens is 550 g/mol. The number of nitrogens with one attached hydrogen (secondary N) is 1. The van der Waals surface area contributed by atoms with E-state index in [9.17, 15) is 24.0 Å². The van der Waals surface area contributed by atoms with E-state index in [1.165, 1.54) is 26.0 Å². The normalized spacial score (nSPS) is 21.7. The number of fused-ring (bicyclic) bond motifs is 1. The van der Waals surface area contributed by atoms with Crippen molar-refractivity contribution in [2.45, 2.75) is 65.3 Å². The molecule has 4 rings (SSSR count). The lowest BCUT2D eigenvalue weighted by Gasteiger charge is -2.44. The largest absolute Gasteiger partial charge is 0.463 e. The summed E-state index contributed by atoms with van der Waals surface area (Å²) in [6, 6.07) is 12.5. The zero-order valence-corrected chi connectivity index (χ0v) is 23.7. The number of carbonyl (C=O) groups is 4. The minimum atomic E-state index is -1.32. The molecule has 0 radical (unpaired) electrons. The number of amides is 1. The lowest BCUT2D eigenvalue weighted by molar-refractivity contribution is -0.257. The molecule has 2 aromatic carbocycles. The summed E-state index contributed by atoms with van der Waals surface area (Å²) >= 11 is 0. The highest BCUT2D eigenvalue weighted by Crippen LogP contribution is 2.31. The highest BCUT2D eigenvalue weighted by molar-refractivity contribution is 5.83. The Morgan fingerprint density at radius 1 is 0.881 bits per heavy atom. The first-order chi connectivity index (χ1) is 19.9.